The van der Waals surface area contributed by atoms with Gasteiger partial charge in [0.05, 0.1) is 0 Å². The Morgan fingerprint density at radius 2 is 1.57 bits per heavy atom. The predicted octanol–water partition coefficient (Wildman–Crippen LogP) is 4.60. The molecule has 0 spiro atoms. The van der Waals surface area contributed by atoms with Crippen molar-refractivity contribution in [3.8, 4) is 0 Å². The SMILES string of the molecule is FC(F)(Br)C(F)(F)C1CCCCC1I. The molecule has 1 aliphatic rings. The van der Waals surface area contributed by atoms with Crippen LogP contribution in [0, 0.1) is 5.92 Å². The van der Waals surface area contributed by atoms with E-state index in [4.69, 9.17) is 0 Å². The van der Waals surface area contributed by atoms with Crippen LogP contribution < -0.4 is 0 Å². The second kappa shape index (κ2) is 4.43. The fourth-order valence-electron chi connectivity index (χ4n) is 1.70. The first-order valence-electron chi connectivity index (χ1n) is 4.35. The van der Waals surface area contributed by atoms with E-state index in [9.17, 15) is 17.6 Å². The molecule has 84 valence electrons. The summed E-state index contributed by atoms with van der Waals surface area (Å²) in [6.45, 7) is 0. The first kappa shape index (κ1) is 13.0. The maximum Gasteiger partial charge on any atom is 0.363 e. The highest BCUT2D eigenvalue weighted by Crippen LogP contribution is 2.50. The molecule has 0 bridgehead atoms. The zero-order valence-corrected chi connectivity index (χ0v) is 11.0. The maximum atomic E-state index is 13.3. The topological polar surface area (TPSA) is 0 Å². The molecular formula is C8H10BrF4I. The third-order valence-electron chi connectivity index (χ3n) is 2.53. The van der Waals surface area contributed by atoms with Gasteiger partial charge < -0.3 is 0 Å². The number of hydrogen-bond acceptors (Lipinski definition) is 0. The van der Waals surface area contributed by atoms with Gasteiger partial charge in [0.2, 0.25) is 0 Å². The van der Waals surface area contributed by atoms with Crippen LogP contribution in [0.1, 0.15) is 25.7 Å². The Bertz CT molecular complexity index is 204. The van der Waals surface area contributed by atoms with Gasteiger partial charge >= 0.3 is 10.8 Å². The zero-order chi connectivity index (χ0) is 11.0. The van der Waals surface area contributed by atoms with Crippen molar-refractivity contribution >= 4 is 38.5 Å². The lowest BCUT2D eigenvalue weighted by atomic mass is 9.84. The second-order valence-electron chi connectivity index (χ2n) is 3.53. The van der Waals surface area contributed by atoms with E-state index in [0.717, 1.165) is 6.42 Å². The summed E-state index contributed by atoms with van der Waals surface area (Å²) in [7, 11) is 0. The summed E-state index contributed by atoms with van der Waals surface area (Å²) in [5.41, 5.74) is 0. The minimum Gasteiger partial charge on any atom is -0.198 e. The zero-order valence-electron chi connectivity index (χ0n) is 7.25. The van der Waals surface area contributed by atoms with Crippen molar-refractivity contribution in [2.75, 3.05) is 0 Å². The van der Waals surface area contributed by atoms with Crippen LogP contribution in [-0.4, -0.2) is 14.7 Å². The Kier molecular flexibility index (Phi) is 4.11. The van der Waals surface area contributed by atoms with E-state index < -0.39 is 16.7 Å². The van der Waals surface area contributed by atoms with Crippen molar-refractivity contribution in [1.82, 2.24) is 0 Å². The minimum atomic E-state index is -4.09. The highest BCUT2D eigenvalue weighted by Gasteiger charge is 2.60. The molecule has 0 amide bonds. The second-order valence-corrected chi connectivity index (χ2v) is 6.12. The highest BCUT2D eigenvalue weighted by atomic mass is 127. The van der Waals surface area contributed by atoms with Crippen LogP contribution >= 0.6 is 38.5 Å². The third kappa shape index (κ3) is 2.54. The van der Waals surface area contributed by atoms with Gasteiger partial charge in [0.15, 0.2) is 0 Å². The minimum absolute atomic E-state index is 0.182. The number of alkyl halides is 6. The first-order valence-corrected chi connectivity index (χ1v) is 6.39. The van der Waals surface area contributed by atoms with Crippen molar-refractivity contribution in [3.05, 3.63) is 0 Å². The molecule has 14 heavy (non-hydrogen) atoms. The Morgan fingerprint density at radius 1 is 1.07 bits per heavy atom. The van der Waals surface area contributed by atoms with Gasteiger partial charge in [0, 0.05) is 9.84 Å². The molecule has 0 N–H and O–H groups in total. The van der Waals surface area contributed by atoms with Gasteiger partial charge in [0.25, 0.3) is 0 Å². The molecule has 1 saturated carbocycles. The van der Waals surface area contributed by atoms with E-state index in [2.05, 4.69) is 0 Å². The lowest BCUT2D eigenvalue weighted by molar-refractivity contribution is -0.185. The molecule has 0 saturated heterocycles. The van der Waals surface area contributed by atoms with E-state index >= 15 is 0 Å². The normalized spacial score (nSPS) is 30.4. The van der Waals surface area contributed by atoms with Crippen LogP contribution in [0.15, 0.2) is 0 Å². The van der Waals surface area contributed by atoms with Crippen molar-refractivity contribution in [2.24, 2.45) is 5.92 Å². The summed E-state index contributed by atoms with van der Waals surface area (Å²) in [5, 5.41) is 0. The van der Waals surface area contributed by atoms with Gasteiger partial charge in [-0.2, -0.15) is 17.6 Å². The van der Waals surface area contributed by atoms with Crippen molar-refractivity contribution < 1.29 is 17.6 Å². The number of hydrogen-bond donors (Lipinski definition) is 0. The van der Waals surface area contributed by atoms with Crippen molar-refractivity contribution in [1.29, 1.82) is 0 Å². The Labute approximate surface area is 102 Å². The Hall–Kier alpha value is 0.930. The van der Waals surface area contributed by atoms with Gasteiger partial charge in [-0.1, -0.05) is 35.4 Å². The van der Waals surface area contributed by atoms with Gasteiger partial charge in [-0.05, 0) is 28.8 Å². The van der Waals surface area contributed by atoms with Crippen LogP contribution in [0.4, 0.5) is 17.6 Å². The van der Waals surface area contributed by atoms with Crippen LogP contribution in [-0.2, 0) is 0 Å². The van der Waals surface area contributed by atoms with E-state index in [-0.39, 0.29) is 10.3 Å². The predicted molar refractivity (Wildman–Crippen MR) is 58.6 cm³/mol. The first-order chi connectivity index (χ1) is 6.27. The smallest absolute Gasteiger partial charge is 0.198 e. The summed E-state index contributed by atoms with van der Waals surface area (Å²) in [5.74, 6) is -5.16. The fraction of sp³-hybridized carbons (Fsp3) is 1.00. The largest absolute Gasteiger partial charge is 0.363 e. The van der Waals surface area contributed by atoms with E-state index in [1.165, 1.54) is 0 Å². The lowest BCUT2D eigenvalue weighted by Gasteiger charge is -2.35. The van der Waals surface area contributed by atoms with Crippen molar-refractivity contribution in [3.63, 3.8) is 0 Å². The molecule has 0 aromatic heterocycles. The quantitative estimate of drug-likeness (QED) is 0.368. The molecular weight excluding hydrogens is 379 g/mol. The van der Waals surface area contributed by atoms with Crippen LogP contribution in [0.3, 0.4) is 0 Å². The number of halogens is 6. The Balaban J connectivity index is 2.79. The molecule has 0 aromatic rings. The van der Waals surface area contributed by atoms with Gasteiger partial charge in [0.1, 0.15) is 0 Å². The van der Waals surface area contributed by atoms with E-state index in [1.54, 1.807) is 15.9 Å². The summed E-state index contributed by atoms with van der Waals surface area (Å²) in [6.07, 6.45) is 2.25. The average molecular weight is 389 g/mol. The monoisotopic (exact) mass is 388 g/mol. The van der Waals surface area contributed by atoms with Crippen LogP contribution in [0.2, 0.25) is 0 Å². The molecule has 1 fully saturated rings. The molecule has 0 aliphatic heterocycles. The standard InChI is InChI=1S/C8H10BrF4I/c9-8(12,13)7(10,11)5-3-1-2-4-6(5)14/h5-6H,1-4H2. The molecule has 0 radical (unpaired) electrons. The molecule has 0 nitrogen and oxygen atoms in total. The van der Waals surface area contributed by atoms with Gasteiger partial charge in [-0.3, -0.25) is 0 Å². The maximum absolute atomic E-state index is 13.3. The lowest BCUT2D eigenvalue weighted by Crippen LogP contribution is -2.47. The highest BCUT2D eigenvalue weighted by molar-refractivity contribution is 14.1. The summed E-state index contributed by atoms with van der Waals surface area (Å²) >= 11 is 3.63. The molecule has 0 aromatic carbocycles. The van der Waals surface area contributed by atoms with Crippen LogP contribution in [0.5, 0.6) is 0 Å². The molecule has 1 aliphatic carbocycles. The summed E-state index contributed by atoms with van der Waals surface area (Å²) < 4.78 is 51.4. The molecule has 2 atom stereocenters. The average Bonchev–Trinajstić information content (AvgIpc) is 2.02. The van der Waals surface area contributed by atoms with E-state index in [0.29, 0.717) is 12.8 Å². The number of rotatable bonds is 2. The van der Waals surface area contributed by atoms with Crippen LogP contribution in [0.25, 0.3) is 0 Å². The van der Waals surface area contributed by atoms with Crippen molar-refractivity contribution in [2.45, 2.75) is 40.4 Å². The third-order valence-corrected chi connectivity index (χ3v) is 4.54. The van der Waals surface area contributed by atoms with Gasteiger partial charge in [-0.25, -0.2) is 0 Å². The summed E-state index contributed by atoms with van der Waals surface area (Å²) in [4.78, 5) is -4.09. The Morgan fingerprint density at radius 3 is 2.00 bits per heavy atom. The fourth-order valence-corrected chi connectivity index (χ4v) is 3.25. The van der Waals surface area contributed by atoms with Gasteiger partial charge in [-0.15, -0.1) is 0 Å². The molecule has 1 rings (SSSR count). The van der Waals surface area contributed by atoms with E-state index in [1.807, 2.05) is 22.6 Å². The molecule has 2 unspecified atom stereocenters. The summed E-state index contributed by atoms with van der Waals surface area (Å²) in [6, 6.07) is 0. The molecule has 6 heteroatoms. The molecule has 0 heterocycles.